The molecule has 0 saturated heterocycles. The number of nitrogens with zero attached hydrogens (tertiary/aromatic N) is 2. The van der Waals surface area contributed by atoms with Gasteiger partial charge >= 0.3 is 5.97 Å². The Hall–Kier alpha value is -2.55. The van der Waals surface area contributed by atoms with Gasteiger partial charge in [0.05, 0.1) is 19.0 Å². The van der Waals surface area contributed by atoms with Crippen molar-refractivity contribution in [2.45, 2.75) is 19.0 Å². The molecule has 1 atom stereocenters. The van der Waals surface area contributed by atoms with Gasteiger partial charge in [-0.05, 0) is 11.1 Å². The summed E-state index contributed by atoms with van der Waals surface area (Å²) >= 11 is 0. The molecule has 1 aromatic rings. The zero-order chi connectivity index (χ0) is 13.4. The Bertz CT molecular complexity index is 511. The molecule has 18 heavy (non-hydrogen) atoms. The summed E-state index contributed by atoms with van der Waals surface area (Å²) in [7, 11) is 0. The summed E-state index contributed by atoms with van der Waals surface area (Å²) in [5, 5.41) is 8.69. The van der Waals surface area contributed by atoms with Crippen LogP contribution in [0, 0.1) is 0 Å². The van der Waals surface area contributed by atoms with Crippen LogP contribution in [0.1, 0.15) is 23.6 Å². The molecule has 0 radical (unpaired) electrons. The molecule has 0 aliphatic rings. The van der Waals surface area contributed by atoms with Gasteiger partial charge in [-0.3, -0.25) is 4.79 Å². The van der Waals surface area contributed by atoms with Crippen LogP contribution in [0.15, 0.2) is 34.3 Å². The molecule has 0 spiro atoms. The van der Waals surface area contributed by atoms with Gasteiger partial charge in [-0.2, -0.15) is 4.99 Å². The molecule has 0 aromatic heterocycles. The summed E-state index contributed by atoms with van der Waals surface area (Å²) < 4.78 is 0. The van der Waals surface area contributed by atoms with Crippen molar-refractivity contribution in [1.82, 2.24) is 0 Å². The molecule has 1 N–H and O–H groups in total. The van der Waals surface area contributed by atoms with Crippen molar-refractivity contribution in [2.75, 3.05) is 0 Å². The van der Waals surface area contributed by atoms with E-state index in [1.807, 2.05) is 0 Å². The van der Waals surface area contributed by atoms with Crippen molar-refractivity contribution in [2.24, 2.45) is 9.98 Å². The highest BCUT2D eigenvalue weighted by Gasteiger charge is 2.14. The van der Waals surface area contributed by atoms with Gasteiger partial charge in [-0.1, -0.05) is 24.3 Å². The molecule has 92 valence electrons. The Labute approximate surface area is 103 Å². The minimum Gasteiger partial charge on any atom is -0.481 e. The standard InChI is InChI=1S/C12H10N2O4/c15-7-13-6-9-1-3-10(4-2-9)11(14-8-16)5-12(17)18/h1-4,11H,5-6H2,(H,17,18). The van der Waals surface area contributed by atoms with Crippen LogP contribution in [0.5, 0.6) is 0 Å². The average Bonchev–Trinajstić information content (AvgIpc) is 2.36. The van der Waals surface area contributed by atoms with Crippen molar-refractivity contribution < 1.29 is 19.5 Å². The lowest BCUT2D eigenvalue weighted by molar-refractivity contribution is -0.137. The second-order valence-electron chi connectivity index (χ2n) is 3.48. The van der Waals surface area contributed by atoms with E-state index in [-0.39, 0.29) is 13.0 Å². The van der Waals surface area contributed by atoms with Gasteiger partial charge in [-0.15, -0.1) is 0 Å². The van der Waals surface area contributed by atoms with Crippen molar-refractivity contribution in [3.63, 3.8) is 0 Å². The van der Waals surface area contributed by atoms with Gasteiger partial charge in [0.25, 0.3) is 0 Å². The highest BCUT2D eigenvalue weighted by atomic mass is 16.4. The van der Waals surface area contributed by atoms with Gasteiger partial charge in [0.1, 0.15) is 0 Å². The Balaban J connectivity index is 2.89. The first-order chi connectivity index (χ1) is 8.67. The smallest absolute Gasteiger partial charge is 0.305 e. The van der Waals surface area contributed by atoms with Crippen molar-refractivity contribution >= 4 is 18.1 Å². The Morgan fingerprint density at radius 3 is 2.39 bits per heavy atom. The fraction of sp³-hybridized carbons (Fsp3) is 0.250. The molecular weight excluding hydrogens is 236 g/mol. The molecule has 1 unspecified atom stereocenters. The quantitative estimate of drug-likeness (QED) is 0.605. The van der Waals surface area contributed by atoms with E-state index in [0.29, 0.717) is 5.56 Å². The fourth-order valence-electron chi connectivity index (χ4n) is 1.44. The normalized spacial score (nSPS) is 10.9. The molecule has 0 saturated carbocycles. The molecule has 1 aromatic carbocycles. The first-order valence-electron chi connectivity index (χ1n) is 5.08. The SMILES string of the molecule is O=C=NCc1ccc(C(CC(=O)O)N=C=O)cc1. The number of carbonyl (C=O) groups is 1. The number of aliphatic carboxylic acids is 1. The Morgan fingerprint density at radius 1 is 1.22 bits per heavy atom. The summed E-state index contributed by atoms with van der Waals surface area (Å²) in [6.07, 6.45) is 2.51. The maximum Gasteiger partial charge on any atom is 0.305 e. The summed E-state index contributed by atoms with van der Waals surface area (Å²) in [6, 6.07) is 5.91. The third-order valence-electron chi connectivity index (χ3n) is 2.27. The van der Waals surface area contributed by atoms with Gasteiger partial charge in [0, 0.05) is 0 Å². The molecular formula is C12H10N2O4. The van der Waals surface area contributed by atoms with Crippen molar-refractivity contribution in [3.8, 4) is 0 Å². The molecule has 6 heteroatoms. The number of hydrogen-bond donors (Lipinski definition) is 1. The van der Waals surface area contributed by atoms with Crippen LogP contribution < -0.4 is 0 Å². The van der Waals surface area contributed by atoms with Crippen LogP contribution in [-0.4, -0.2) is 23.2 Å². The molecule has 0 fully saturated rings. The highest BCUT2D eigenvalue weighted by molar-refractivity contribution is 5.68. The second kappa shape index (κ2) is 6.91. The van der Waals surface area contributed by atoms with E-state index < -0.39 is 12.0 Å². The van der Waals surface area contributed by atoms with Gasteiger partial charge in [0.15, 0.2) is 0 Å². The lowest BCUT2D eigenvalue weighted by Crippen LogP contribution is -2.04. The predicted octanol–water partition coefficient (Wildman–Crippen LogP) is 1.37. The molecule has 0 aliphatic carbocycles. The van der Waals surface area contributed by atoms with Gasteiger partial charge in [-0.25, -0.2) is 14.6 Å². The summed E-state index contributed by atoms with van der Waals surface area (Å²) in [4.78, 5) is 37.7. The first kappa shape index (κ1) is 13.5. The number of carboxylic acid groups (broad SMARTS) is 1. The highest BCUT2D eigenvalue weighted by Crippen LogP contribution is 2.21. The summed E-state index contributed by atoms with van der Waals surface area (Å²) in [5.74, 6) is -1.05. The summed E-state index contributed by atoms with van der Waals surface area (Å²) in [5.41, 5.74) is 1.38. The van der Waals surface area contributed by atoms with E-state index in [2.05, 4.69) is 9.98 Å². The number of hydrogen-bond acceptors (Lipinski definition) is 5. The van der Waals surface area contributed by atoms with Crippen LogP contribution in [-0.2, 0) is 20.9 Å². The molecule has 0 heterocycles. The minimum atomic E-state index is -1.05. The molecule has 0 aliphatic heterocycles. The predicted molar refractivity (Wildman–Crippen MR) is 61.4 cm³/mol. The van der Waals surface area contributed by atoms with Crippen molar-refractivity contribution in [1.29, 1.82) is 0 Å². The molecule has 6 nitrogen and oxygen atoms in total. The van der Waals surface area contributed by atoms with Crippen LogP contribution in [0.3, 0.4) is 0 Å². The number of carboxylic acids is 1. The number of carbonyl (C=O) groups excluding carboxylic acids is 2. The van der Waals surface area contributed by atoms with Gasteiger partial charge < -0.3 is 5.11 Å². The van der Waals surface area contributed by atoms with Crippen LogP contribution in [0.4, 0.5) is 0 Å². The van der Waals surface area contributed by atoms with E-state index in [1.165, 1.54) is 12.2 Å². The largest absolute Gasteiger partial charge is 0.481 e. The fourth-order valence-corrected chi connectivity index (χ4v) is 1.44. The number of isocyanates is 2. The minimum absolute atomic E-state index is 0.213. The Morgan fingerprint density at radius 2 is 1.89 bits per heavy atom. The monoisotopic (exact) mass is 246 g/mol. The first-order valence-corrected chi connectivity index (χ1v) is 5.08. The molecule has 0 bridgehead atoms. The van der Waals surface area contributed by atoms with Crippen LogP contribution >= 0.6 is 0 Å². The number of benzene rings is 1. The zero-order valence-electron chi connectivity index (χ0n) is 9.37. The zero-order valence-corrected chi connectivity index (χ0v) is 9.37. The van der Waals surface area contributed by atoms with E-state index in [1.54, 1.807) is 24.3 Å². The summed E-state index contributed by atoms with van der Waals surface area (Å²) in [6.45, 7) is 0.213. The maximum atomic E-state index is 10.6. The van der Waals surface area contributed by atoms with E-state index in [4.69, 9.17) is 5.11 Å². The van der Waals surface area contributed by atoms with Crippen LogP contribution in [0.25, 0.3) is 0 Å². The second-order valence-corrected chi connectivity index (χ2v) is 3.48. The number of aliphatic imine (C=N–C) groups is 2. The van der Waals surface area contributed by atoms with E-state index in [0.717, 1.165) is 5.56 Å². The van der Waals surface area contributed by atoms with Crippen LogP contribution in [0.2, 0.25) is 0 Å². The van der Waals surface area contributed by atoms with E-state index >= 15 is 0 Å². The maximum absolute atomic E-state index is 10.6. The lowest BCUT2D eigenvalue weighted by Gasteiger charge is -2.08. The number of rotatable bonds is 6. The topological polar surface area (TPSA) is 96.2 Å². The molecule has 1 rings (SSSR count). The third kappa shape index (κ3) is 4.14. The lowest BCUT2D eigenvalue weighted by atomic mass is 10.0. The van der Waals surface area contributed by atoms with Crippen molar-refractivity contribution in [3.05, 3.63) is 35.4 Å². The van der Waals surface area contributed by atoms with Gasteiger partial charge in [0.2, 0.25) is 12.2 Å². The Kier molecular flexibility index (Phi) is 5.19. The third-order valence-corrected chi connectivity index (χ3v) is 2.27. The molecule has 0 amide bonds. The van der Waals surface area contributed by atoms with E-state index in [9.17, 15) is 14.4 Å². The average molecular weight is 246 g/mol.